The summed E-state index contributed by atoms with van der Waals surface area (Å²) < 4.78 is 1.71. The molecule has 2 saturated heterocycles. The zero-order chi connectivity index (χ0) is 13.0. The molecular formula is C14H20N4O. The zero-order valence-electron chi connectivity index (χ0n) is 11.3. The maximum absolute atomic E-state index is 12.4. The summed E-state index contributed by atoms with van der Waals surface area (Å²) in [6.07, 6.45) is 11.1. The molecule has 0 aromatic carbocycles. The van der Waals surface area contributed by atoms with E-state index in [1.807, 2.05) is 13.2 Å². The van der Waals surface area contributed by atoms with Crippen molar-refractivity contribution in [2.45, 2.75) is 50.6 Å². The number of nitrogens with zero attached hydrogens (tertiary/aromatic N) is 3. The van der Waals surface area contributed by atoms with Gasteiger partial charge in [0.25, 0.3) is 0 Å². The Morgan fingerprint density at radius 2 is 2.05 bits per heavy atom. The van der Waals surface area contributed by atoms with Gasteiger partial charge >= 0.3 is 6.03 Å². The molecular weight excluding hydrogens is 240 g/mol. The van der Waals surface area contributed by atoms with Crippen LogP contribution in [0.2, 0.25) is 0 Å². The van der Waals surface area contributed by atoms with Gasteiger partial charge in [0.05, 0.1) is 11.9 Å². The number of aromatic nitrogens is 2. The summed E-state index contributed by atoms with van der Waals surface area (Å²) >= 11 is 0. The Hall–Kier alpha value is -1.52. The lowest BCUT2D eigenvalue weighted by Crippen LogP contribution is -2.48. The van der Waals surface area contributed by atoms with Crippen LogP contribution in [-0.4, -0.2) is 32.8 Å². The second-order valence-electron chi connectivity index (χ2n) is 6.53. The van der Waals surface area contributed by atoms with Crippen LogP contribution < -0.4 is 5.32 Å². The summed E-state index contributed by atoms with van der Waals surface area (Å²) in [5, 5.41) is 7.07. The van der Waals surface area contributed by atoms with Gasteiger partial charge in [0, 0.05) is 25.3 Å². The average molecular weight is 260 g/mol. The van der Waals surface area contributed by atoms with Crippen LogP contribution in [0.4, 0.5) is 10.5 Å². The van der Waals surface area contributed by atoms with Gasteiger partial charge in [-0.25, -0.2) is 4.79 Å². The fraction of sp³-hybridized carbons (Fsp3) is 0.714. The van der Waals surface area contributed by atoms with Crippen molar-refractivity contribution < 1.29 is 4.79 Å². The maximum atomic E-state index is 12.4. The van der Waals surface area contributed by atoms with Gasteiger partial charge in [0.15, 0.2) is 0 Å². The summed E-state index contributed by atoms with van der Waals surface area (Å²) in [6.45, 7) is 0. The van der Waals surface area contributed by atoms with Crippen molar-refractivity contribution in [2.24, 2.45) is 12.5 Å². The van der Waals surface area contributed by atoms with Crippen molar-refractivity contribution in [3.63, 3.8) is 0 Å². The minimum Gasteiger partial charge on any atom is -0.319 e. The highest BCUT2D eigenvalue weighted by Crippen LogP contribution is 2.59. The van der Waals surface area contributed by atoms with Crippen LogP contribution in [0.3, 0.4) is 0 Å². The van der Waals surface area contributed by atoms with Crippen LogP contribution in [0.1, 0.15) is 38.5 Å². The van der Waals surface area contributed by atoms with Gasteiger partial charge in [0.2, 0.25) is 0 Å². The van der Waals surface area contributed by atoms with Crippen molar-refractivity contribution in [3.8, 4) is 0 Å². The number of amides is 2. The minimum atomic E-state index is 0.0657. The van der Waals surface area contributed by atoms with Crippen molar-refractivity contribution in [1.82, 2.24) is 14.7 Å². The van der Waals surface area contributed by atoms with Crippen LogP contribution in [0.15, 0.2) is 12.4 Å². The number of fused-ring (bicyclic) bond motifs is 2. The molecule has 4 rings (SSSR count). The monoisotopic (exact) mass is 260 g/mol. The molecule has 1 saturated carbocycles. The molecule has 102 valence electrons. The number of anilines is 1. The molecule has 1 aromatic rings. The lowest BCUT2D eigenvalue weighted by Gasteiger charge is -2.39. The molecule has 2 atom stereocenters. The summed E-state index contributed by atoms with van der Waals surface area (Å²) in [5.74, 6) is 0. The smallest absolute Gasteiger partial charge is 0.319 e. The van der Waals surface area contributed by atoms with Crippen molar-refractivity contribution in [1.29, 1.82) is 0 Å². The molecule has 2 aliphatic heterocycles. The van der Waals surface area contributed by atoms with Crippen LogP contribution in [0.25, 0.3) is 0 Å². The molecule has 3 heterocycles. The van der Waals surface area contributed by atoms with Gasteiger partial charge in [-0.1, -0.05) is 0 Å². The maximum Gasteiger partial charge on any atom is 0.322 e. The number of urea groups is 1. The van der Waals surface area contributed by atoms with E-state index in [1.165, 1.54) is 38.5 Å². The molecule has 1 N–H and O–H groups in total. The molecule has 5 nitrogen and oxygen atoms in total. The summed E-state index contributed by atoms with van der Waals surface area (Å²) in [5.41, 5.74) is 1.41. The van der Waals surface area contributed by atoms with E-state index in [0.717, 1.165) is 5.69 Å². The molecule has 0 radical (unpaired) electrons. The molecule has 3 fully saturated rings. The first-order valence-electron chi connectivity index (χ1n) is 7.23. The van der Waals surface area contributed by atoms with E-state index in [0.29, 0.717) is 17.5 Å². The van der Waals surface area contributed by atoms with Gasteiger partial charge in [-0.2, -0.15) is 5.10 Å². The fourth-order valence-electron chi connectivity index (χ4n) is 4.04. The number of rotatable bonds is 1. The van der Waals surface area contributed by atoms with Gasteiger partial charge in [-0.05, 0) is 43.9 Å². The van der Waals surface area contributed by atoms with E-state index in [1.54, 1.807) is 10.9 Å². The minimum absolute atomic E-state index is 0.0657. The first kappa shape index (κ1) is 11.3. The highest BCUT2D eigenvalue weighted by Gasteiger charge is 2.55. The van der Waals surface area contributed by atoms with E-state index >= 15 is 0 Å². The molecule has 2 unspecified atom stereocenters. The normalized spacial score (nSPS) is 30.7. The summed E-state index contributed by atoms with van der Waals surface area (Å²) in [7, 11) is 1.86. The highest BCUT2D eigenvalue weighted by molar-refractivity contribution is 5.89. The SMILES string of the molecule is Cn1cc(NC(=O)N2C3CCC2CC2(CC2)C3)cn1. The third kappa shape index (κ3) is 1.83. The number of piperidine rings is 1. The van der Waals surface area contributed by atoms with E-state index in [9.17, 15) is 4.79 Å². The van der Waals surface area contributed by atoms with E-state index < -0.39 is 0 Å². The van der Waals surface area contributed by atoms with Crippen molar-refractivity contribution >= 4 is 11.7 Å². The summed E-state index contributed by atoms with van der Waals surface area (Å²) in [4.78, 5) is 14.6. The van der Waals surface area contributed by atoms with E-state index in [-0.39, 0.29) is 6.03 Å². The van der Waals surface area contributed by atoms with Gasteiger partial charge in [0.1, 0.15) is 0 Å². The second-order valence-corrected chi connectivity index (χ2v) is 6.53. The number of hydrogen-bond donors (Lipinski definition) is 1. The molecule has 3 aliphatic rings. The second kappa shape index (κ2) is 3.74. The van der Waals surface area contributed by atoms with Crippen LogP contribution >= 0.6 is 0 Å². The fourth-order valence-corrected chi connectivity index (χ4v) is 4.04. The molecule has 1 aromatic heterocycles. The van der Waals surface area contributed by atoms with E-state index in [2.05, 4.69) is 15.3 Å². The zero-order valence-corrected chi connectivity index (χ0v) is 11.3. The van der Waals surface area contributed by atoms with Crippen LogP contribution in [0.5, 0.6) is 0 Å². The lowest BCUT2D eigenvalue weighted by atomic mass is 9.88. The number of aryl methyl sites for hydroxylation is 1. The van der Waals surface area contributed by atoms with Crippen molar-refractivity contribution in [3.05, 3.63) is 12.4 Å². The Kier molecular flexibility index (Phi) is 2.23. The average Bonchev–Trinajstić information content (AvgIpc) is 2.87. The largest absolute Gasteiger partial charge is 0.322 e. The predicted octanol–water partition coefficient (Wildman–Crippen LogP) is 2.36. The number of hydrogen-bond acceptors (Lipinski definition) is 2. The molecule has 2 bridgehead atoms. The van der Waals surface area contributed by atoms with Gasteiger partial charge in [-0.15, -0.1) is 0 Å². The molecule has 2 amide bonds. The number of nitrogens with one attached hydrogen (secondary N) is 1. The standard InChI is InChI=1S/C14H20N4O/c1-17-9-10(8-15-17)16-13(19)18-11-2-3-12(18)7-14(6-11)4-5-14/h8-9,11-12H,2-7H2,1H3,(H,16,19). The van der Waals surface area contributed by atoms with Gasteiger partial charge in [-0.3, -0.25) is 4.68 Å². The Morgan fingerprint density at radius 3 is 2.58 bits per heavy atom. The molecule has 5 heteroatoms. The number of carbonyl (C=O) groups excluding carboxylic acids is 1. The molecule has 1 aliphatic carbocycles. The van der Waals surface area contributed by atoms with Crippen LogP contribution in [-0.2, 0) is 7.05 Å². The topological polar surface area (TPSA) is 50.2 Å². The predicted molar refractivity (Wildman–Crippen MR) is 71.8 cm³/mol. The first-order chi connectivity index (χ1) is 9.15. The third-order valence-corrected chi connectivity index (χ3v) is 5.10. The molecule has 1 spiro atoms. The third-order valence-electron chi connectivity index (χ3n) is 5.10. The lowest BCUT2D eigenvalue weighted by molar-refractivity contribution is 0.123. The first-order valence-corrected chi connectivity index (χ1v) is 7.23. The summed E-state index contributed by atoms with van der Waals surface area (Å²) in [6, 6.07) is 1.01. The highest BCUT2D eigenvalue weighted by atomic mass is 16.2. The Morgan fingerprint density at radius 1 is 1.37 bits per heavy atom. The van der Waals surface area contributed by atoms with Gasteiger partial charge < -0.3 is 10.2 Å². The number of carbonyl (C=O) groups is 1. The Bertz CT molecular complexity index is 503. The molecule has 19 heavy (non-hydrogen) atoms. The van der Waals surface area contributed by atoms with Crippen LogP contribution in [0, 0.1) is 5.41 Å². The van der Waals surface area contributed by atoms with E-state index in [4.69, 9.17) is 0 Å². The Labute approximate surface area is 113 Å². The van der Waals surface area contributed by atoms with Crippen molar-refractivity contribution in [2.75, 3.05) is 5.32 Å². The quantitative estimate of drug-likeness (QED) is 0.842. The Balaban J connectivity index is 1.49.